The SMILES string of the molecule is Nc1cnc(-c2ccc(CN3CCCCC3)s2)cn1.O=C(O)c1ccccn1. The van der Waals surface area contributed by atoms with Gasteiger partial charge in [-0.25, -0.2) is 19.7 Å². The van der Waals surface area contributed by atoms with Crippen molar-refractivity contribution in [3.8, 4) is 10.6 Å². The minimum Gasteiger partial charge on any atom is -0.477 e. The molecular formula is C20H23N5O2S. The van der Waals surface area contributed by atoms with E-state index in [0.717, 1.165) is 12.2 Å². The molecule has 0 aliphatic carbocycles. The third kappa shape index (κ3) is 5.83. The topological polar surface area (TPSA) is 105 Å². The van der Waals surface area contributed by atoms with Crippen LogP contribution >= 0.6 is 11.3 Å². The van der Waals surface area contributed by atoms with Gasteiger partial charge in [-0.2, -0.15) is 0 Å². The number of hydrogen-bond donors (Lipinski definition) is 2. The summed E-state index contributed by atoms with van der Waals surface area (Å²) in [5, 5.41) is 8.32. The molecule has 0 amide bonds. The van der Waals surface area contributed by atoms with E-state index in [4.69, 9.17) is 10.8 Å². The van der Waals surface area contributed by atoms with E-state index in [1.807, 2.05) is 0 Å². The Morgan fingerprint density at radius 3 is 2.50 bits per heavy atom. The lowest BCUT2D eigenvalue weighted by atomic mass is 10.1. The fourth-order valence-electron chi connectivity index (χ4n) is 2.89. The number of carboxylic acids is 1. The van der Waals surface area contributed by atoms with Crippen LogP contribution in [-0.4, -0.2) is 44.0 Å². The van der Waals surface area contributed by atoms with Crippen LogP contribution in [0.3, 0.4) is 0 Å². The van der Waals surface area contributed by atoms with Crippen LogP contribution in [0.5, 0.6) is 0 Å². The average molecular weight is 398 g/mol. The molecule has 3 aromatic heterocycles. The van der Waals surface area contributed by atoms with E-state index in [1.165, 1.54) is 54.4 Å². The van der Waals surface area contributed by atoms with E-state index < -0.39 is 5.97 Å². The van der Waals surface area contributed by atoms with Gasteiger partial charge in [0.2, 0.25) is 0 Å². The Balaban J connectivity index is 0.000000211. The fraction of sp³-hybridized carbons (Fsp3) is 0.300. The first-order chi connectivity index (χ1) is 13.6. The molecule has 3 aromatic rings. The number of nitrogen functional groups attached to an aromatic ring is 1. The Labute approximate surface area is 167 Å². The summed E-state index contributed by atoms with van der Waals surface area (Å²) in [7, 11) is 0. The quantitative estimate of drug-likeness (QED) is 0.693. The standard InChI is InChI=1S/C14H18N4S.C6H5NO2/c15-14-9-16-12(8-17-14)13-5-4-11(19-13)10-18-6-2-1-3-7-18;8-6(9)5-3-1-2-4-7-5/h4-5,8-9H,1-3,6-7,10H2,(H2,15,17);1-4H,(H,8,9). The first kappa shape index (κ1) is 19.9. The molecule has 4 rings (SSSR count). The van der Waals surface area contributed by atoms with Gasteiger partial charge in [0.15, 0.2) is 0 Å². The molecule has 1 saturated heterocycles. The van der Waals surface area contributed by atoms with E-state index in [9.17, 15) is 4.79 Å². The van der Waals surface area contributed by atoms with Crippen molar-refractivity contribution in [3.63, 3.8) is 0 Å². The number of likely N-dealkylation sites (tertiary alicyclic amines) is 1. The summed E-state index contributed by atoms with van der Waals surface area (Å²) >= 11 is 1.80. The monoisotopic (exact) mass is 397 g/mol. The number of piperidine rings is 1. The Morgan fingerprint density at radius 2 is 1.89 bits per heavy atom. The van der Waals surface area contributed by atoms with Gasteiger partial charge in [0.1, 0.15) is 11.5 Å². The lowest BCUT2D eigenvalue weighted by Gasteiger charge is -2.25. The second-order valence-electron chi connectivity index (χ2n) is 6.45. The zero-order valence-corrected chi connectivity index (χ0v) is 16.3. The second kappa shape index (κ2) is 9.91. The first-order valence-corrected chi connectivity index (χ1v) is 9.97. The number of rotatable bonds is 4. The van der Waals surface area contributed by atoms with Gasteiger partial charge < -0.3 is 10.8 Å². The maximum Gasteiger partial charge on any atom is 0.354 e. The molecule has 28 heavy (non-hydrogen) atoms. The molecule has 0 bridgehead atoms. The summed E-state index contributed by atoms with van der Waals surface area (Å²) in [5.74, 6) is -0.524. The zero-order chi connectivity index (χ0) is 19.8. The lowest BCUT2D eigenvalue weighted by Crippen LogP contribution is -2.28. The molecule has 1 aliphatic heterocycles. The summed E-state index contributed by atoms with van der Waals surface area (Å²) < 4.78 is 0. The number of nitrogens with zero attached hydrogens (tertiary/aromatic N) is 4. The Kier molecular flexibility index (Phi) is 7.05. The highest BCUT2D eigenvalue weighted by molar-refractivity contribution is 7.15. The minimum absolute atomic E-state index is 0.0810. The highest BCUT2D eigenvalue weighted by Crippen LogP contribution is 2.27. The molecule has 3 N–H and O–H groups in total. The maximum atomic E-state index is 10.1. The van der Waals surface area contributed by atoms with Crippen molar-refractivity contribution >= 4 is 23.1 Å². The van der Waals surface area contributed by atoms with Crippen LogP contribution in [-0.2, 0) is 6.54 Å². The highest BCUT2D eigenvalue weighted by Gasteiger charge is 2.12. The van der Waals surface area contributed by atoms with E-state index in [0.29, 0.717) is 5.82 Å². The number of pyridine rings is 1. The van der Waals surface area contributed by atoms with Gasteiger partial charge in [0, 0.05) is 17.6 Å². The number of hydrogen-bond acceptors (Lipinski definition) is 7. The van der Waals surface area contributed by atoms with E-state index in [2.05, 4.69) is 32.0 Å². The molecule has 0 spiro atoms. The zero-order valence-electron chi connectivity index (χ0n) is 15.5. The molecule has 1 fully saturated rings. The Morgan fingerprint density at radius 1 is 1.07 bits per heavy atom. The lowest BCUT2D eigenvalue weighted by molar-refractivity contribution is 0.0690. The largest absolute Gasteiger partial charge is 0.477 e. The molecule has 0 atom stereocenters. The number of nitrogens with two attached hydrogens (primary N) is 1. The summed E-state index contributed by atoms with van der Waals surface area (Å²) in [6, 6.07) is 9.09. The number of carboxylic acid groups (broad SMARTS) is 1. The molecule has 0 aromatic carbocycles. The number of anilines is 1. The average Bonchev–Trinajstić information content (AvgIpc) is 3.19. The van der Waals surface area contributed by atoms with Gasteiger partial charge in [-0.1, -0.05) is 12.5 Å². The van der Waals surface area contributed by atoms with Crippen LogP contribution in [0.2, 0.25) is 0 Å². The number of carbonyl (C=O) groups is 1. The van der Waals surface area contributed by atoms with Crippen LogP contribution < -0.4 is 5.73 Å². The molecule has 7 nitrogen and oxygen atoms in total. The molecule has 146 valence electrons. The van der Waals surface area contributed by atoms with Gasteiger partial charge in [-0.3, -0.25) is 4.90 Å². The van der Waals surface area contributed by atoms with Crippen molar-refractivity contribution < 1.29 is 9.90 Å². The van der Waals surface area contributed by atoms with Crippen LogP contribution in [0.25, 0.3) is 10.6 Å². The molecule has 0 unspecified atom stereocenters. The van der Waals surface area contributed by atoms with Crippen molar-refractivity contribution in [2.24, 2.45) is 0 Å². The number of thiophene rings is 1. The highest BCUT2D eigenvalue weighted by atomic mass is 32.1. The molecular weight excluding hydrogens is 374 g/mol. The maximum absolute atomic E-state index is 10.1. The second-order valence-corrected chi connectivity index (χ2v) is 7.62. The van der Waals surface area contributed by atoms with E-state index >= 15 is 0 Å². The molecule has 0 saturated carbocycles. The summed E-state index contributed by atoms with van der Waals surface area (Å²) in [6.45, 7) is 3.52. The molecule has 4 heterocycles. The van der Waals surface area contributed by atoms with Crippen molar-refractivity contribution in [2.75, 3.05) is 18.8 Å². The van der Waals surface area contributed by atoms with Crippen molar-refractivity contribution in [1.29, 1.82) is 0 Å². The first-order valence-electron chi connectivity index (χ1n) is 9.15. The van der Waals surface area contributed by atoms with Crippen LogP contribution in [0.1, 0.15) is 34.6 Å². The normalized spacial score (nSPS) is 14.1. The van der Waals surface area contributed by atoms with Gasteiger partial charge in [0.25, 0.3) is 0 Å². The van der Waals surface area contributed by atoms with Crippen LogP contribution in [0.4, 0.5) is 5.82 Å². The van der Waals surface area contributed by atoms with Crippen molar-refractivity contribution in [3.05, 3.63) is 59.5 Å². The predicted molar refractivity (Wildman–Crippen MR) is 110 cm³/mol. The minimum atomic E-state index is -0.990. The summed E-state index contributed by atoms with van der Waals surface area (Å²) in [6.07, 6.45) is 8.85. The van der Waals surface area contributed by atoms with Crippen LogP contribution in [0, 0.1) is 0 Å². The Hall–Kier alpha value is -2.84. The third-order valence-electron chi connectivity index (χ3n) is 4.30. The predicted octanol–water partition coefficient (Wildman–Crippen LogP) is 3.55. The number of aromatic carboxylic acids is 1. The van der Waals surface area contributed by atoms with Crippen LogP contribution in [0.15, 0.2) is 48.9 Å². The van der Waals surface area contributed by atoms with Gasteiger partial charge in [-0.15, -0.1) is 11.3 Å². The summed E-state index contributed by atoms with van der Waals surface area (Å²) in [4.78, 5) is 27.2. The molecule has 1 aliphatic rings. The fourth-order valence-corrected chi connectivity index (χ4v) is 3.90. The van der Waals surface area contributed by atoms with Crippen molar-refractivity contribution in [2.45, 2.75) is 25.8 Å². The Bertz CT molecular complexity index is 877. The summed E-state index contributed by atoms with van der Waals surface area (Å²) in [5.41, 5.74) is 6.54. The molecule has 0 radical (unpaired) electrons. The van der Waals surface area contributed by atoms with E-state index in [-0.39, 0.29) is 5.69 Å². The third-order valence-corrected chi connectivity index (χ3v) is 5.39. The van der Waals surface area contributed by atoms with Gasteiger partial charge in [-0.05, 0) is 50.2 Å². The van der Waals surface area contributed by atoms with Gasteiger partial charge in [0.05, 0.1) is 23.0 Å². The smallest absolute Gasteiger partial charge is 0.354 e. The van der Waals surface area contributed by atoms with Crippen molar-refractivity contribution in [1.82, 2.24) is 19.9 Å². The molecule has 8 heteroatoms. The van der Waals surface area contributed by atoms with E-state index in [1.54, 1.807) is 35.9 Å². The number of aromatic nitrogens is 3. The van der Waals surface area contributed by atoms with Gasteiger partial charge >= 0.3 is 5.97 Å².